The molecule has 1 aliphatic heterocycles. The van der Waals surface area contributed by atoms with Crippen LogP contribution in [0.25, 0.3) is 0 Å². The average molecular weight is 255 g/mol. The van der Waals surface area contributed by atoms with E-state index in [9.17, 15) is 14.7 Å². The molecule has 0 aliphatic carbocycles. The fraction of sp³-hybridized carbons (Fsp3) is 0.636. The summed E-state index contributed by atoms with van der Waals surface area (Å²) in [7, 11) is 1.78. The van der Waals surface area contributed by atoms with Gasteiger partial charge in [-0.2, -0.15) is 0 Å². The number of ether oxygens (including phenoxy) is 1. The Hall–Kier alpha value is -1.44. The van der Waals surface area contributed by atoms with E-state index < -0.39 is 17.5 Å². The molecule has 7 heteroatoms. The molecular weight excluding hydrogens is 238 g/mol. The molecule has 0 bridgehead atoms. The molecule has 7 nitrogen and oxygen atoms in total. The van der Waals surface area contributed by atoms with E-state index in [0.29, 0.717) is 12.0 Å². The molecule has 18 heavy (non-hydrogen) atoms. The number of likely N-dealkylation sites (N-methyl/N-ethyl adjacent to an activating group) is 1. The lowest BCUT2D eigenvalue weighted by Crippen LogP contribution is -2.35. The predicted molar refractivity (Wildman–Crippen MR) is 64.5 cm³/mol. The van der Waals surface area contributed by atoms with Crippen molar-refractivity contribution in [2.45, 2.75) is 31.7 Å². The van der Waals surface area contributed by atoms with Crippen LogP contribution in [0.3, 0.4) is 0 Å². The SMILES string of the molecule is CN[C@@H]1C[C@H](n2cc(C)c(=O)[nH]c2=O)OC1CO. The number of aromatic amines is 1. The molecule has 0 saturated carbocycles. The summed E-state index contributed by atoms with van der Waals surface area (Å²) in [6, 6.07) is -0.0147. The van der Waals surface area contributed by atoms with Gasteiger partial charge in [0.2, 0.25) is 0 Å². The normalized spacial score (nSPS) is 27.6. The first-order chi connectivity index (χ1) is 8.56. The molecule has 0 radical (unpaired) electrons. The van der Waals surface area contributed by atoms with Gasteiger partial charge in [-0.3, -0.25) is 14.3 Å². The molecule has 3 atom stereocenters. The quantitative estimate of drug-likeness (QED) is 0.624. The standard InChI is InChI=1S/C11H17N3O4/c1-6-4-14(11(17)13-10(6)16)9-3-7(12-2)8(5-15)18-9/h4,7-9,12,15H,3,5H2,1-2H3,(H,13,16,17)/t7-,8?,9-/m1/s1. The molecule has 100 valence electrons. The summed E-state index contributed by atoms with van der Waals surface area (Å²) in [5.41, 5.74) is -0.436. The molecule has 0 spiro atoms. The Balaban J connectivity index is 2.31. The summed E-state index contributed by atoms with van der Waals surface area (Å²) in [6.07, 6.45) is 1.23. The van der Waals surface area contributed by atoms with Gasteiger partial charge in [-0.1, -0.05) is 0 Å². The van der Waals surface area contributed by atoms with Gasteiger partial charge in [0.05, 0.1) is 12.7 Å². The van der Waals surface area contributed by atoms with Gasteiger partial charge in [-0.05, 0) is 14.0 Å². The predicted octanol–water partition coefficient (Wildman–Crippen LogP) is -1.29. The first-order valence-electron chi connectivity index (χ1n) is 5.82. The van der Waals surface area contributed by atoms with Crippen LogP contribution >= 0.6 is 0 Å². The van der Waals surface area contributed by atoms with Crippen molar-refractivity contribution in [2.24, 2.45) is 0 Å². The zero-order valence-electron chi connectivity index (χ0n) is 10.3. The zero-order chi connectivity index (χ0) is 13.3. The number of hydrogen-bond donors (Lipinski definition) is 3. The van der Waals surface area contributed by atoms with Gasteiger partial charge in [0.25, 0.3) is 5.56 Å². The lowest BCUT2D eigenvalue weighted by Gasteiger charge is -2.15. The van der Waals surface area contributed by atoms with E-state index in [4.69, 9.17) is 4.74 Å². The fourth-order valence-electron chi connectivity index (χ4n) is 2.17. The molecular formula is C11H17N3O4. The van der Waals surface area contributed by atoms with Crippen molar-refractivity contribution >= 4 is 0 Å². The van der Waals surface area contributed by atoms with Crippen LogP contribution < -0.4 is 16.6 Å². The summed E-state index contributed by atoms with van der Waals surface area (Å²) in [5, 5.41) is 12.2. The lowest BCUT2D eigenvalue weighted by molar-refractivity contribution is -0.0287. The van der Waals surface area contributed by atoms with Crippen LogP contribution in [0.2, 0.25) is 0 Å². The number of hydrogen-bond acceptors (Lipinski definition) is 5. The minimum Gasteiger partial charge on any atom is -0.394 e. The van der Waals surface area contributed by atoms with Gasteiger partial charge in [0.15, 0.2) is 0 Å². The number of H-pyrrole nitrogens is 1. The van der Waals surface area contributed by atoms with Gasteiger partial charge in [0, 0.05) is 24.2 Å². The van der Waals surface area contributed by atoms with E-state index in [0.717, 1.165) is 0 Å². The highest BCUT2D eigenvalue weighted by molar-refractivity contribution is 5.02. The number of nitrogens with one attached hydrogen (secondary N) is 2. The van der Waals surface area contributed by atoms with Crippen molar-refractivity contribution in [3.05, 3.63) is 32.6 Å². The third-order valence-electron chi connectivity index (χ3n) is 3.24. The Morgan fingerprint density at radius 3 is 2.89 bits per heavy atom. The minimum atomic E-state index is -0.496. The second-order valence-corrected chi connectivity index (χ2v) is 4.42. The van der Waals surface area contributed by atoms with Crippen LogP contribution in [-0.2, 0) is 4.74 Å². The molecule has 1 unspecified atom stereocenters. The molecule has 2 rings (SSSR count). The van der Waals surface area contributed by atoms with Crippen LogP contribution in [0.1, 0.15) is 18.2 Å². The van der Waals surface area contributed by atoms with Crippen molar-refractivity contribution in [1.82, 2.24) is 14.9 Å². The molecule has 3 N–H and O–H groups in total. The topological polar surface area (TPSA) is 96.4 Å². The van der Waals surface area contributed by atoms with E-state index in [1.807, 2.05) is 0 Å². The molecule has 0 amide bonds. The van der Waals surface area contributed by atoms with Crippen molar-refractivity contribution in [1.29, 1.82) is 0 Å². The van der Waals surface area contributed by atoms with Crippen molar-refractivity contribution < 1.29 is 9.84 Å². The summed E-state index contributed by atoms with van der Waals surface area (Å²) < 4.78 is 6.96. The van der Waals surface area contributed by atoms with E-state index in [-0.39, 0.29) is 18.8 Å². The smallest absolute Gasteiger partial charge is 0.330 e. The van der Waals surface area contributed by atoms with Crippen LogP contribution in [0.5, 0.6) is 0 Å². The third-order valence-corrected chi connectivity index (χ3v) is 3.24. The largest absolute Gasteiger partial charge is 0.394 e. The van der Waals surface area contributed by atoms with Gasteiger partial charge in [0.1, 0.15) is 6.23 Å². The molecule has 2 heterocycles. The van der Waals surface area contributed by atoms with E-state index >= 15 is 0 Å². The summed E-state index contributed by atoms with van der Waals surface area (Å²) in [5.74, 6) is 0. The Bertz CT molecular complexity index is 524. The second kappa shape index (κ2) is 5.05. The highest BCUT2D eigenvalue weighted by atomic mass is 16.5. The summed E-state index contributed by atoms with van der Waals surface area (Å²) in [4.78, 5) is 25.2. The number of aryl methyl sites for hydroxylation is 1. The van der Waals surface area contributed by atoms with Crippen LogP contribution in [-0.4, -0.2) is 40.5 Å². The average Bonchev–Trinajstić information content (AvgIpc) is 2.76. The fourth-order valence-corrected chi connectivity index (χ4v) is 2.17. The summed E-state index contributed by atoms with van der Waals surface area (Å²) in [6.45, 7) is 1.52. The monoisotopic (exact) mass is 255 g/mol. The maximum absolute atomic E-state index is 11.7. The number of aliphatic hydroxyl groups is 1. The number of aliphatic hydroxyl groups excluding tert-OH is 1. The van der Waals surface area contributed by atoms with Gasteiger partial charge in [-0.25, -0.2) is 4.79 Å². The molecule has 1 aromatic rings. The van der Waals surface area contributed by atoms with Crippen molar-refractivity contribution in [3.8, 4) is 0 Å². The third kappa shape index (κ3) is 2.24. The van der Waals surface area contributed by atoms with E-state index in [1.165, 1.54) is 10.8 Å². The maximum Gasteiger partial charge on any atom is 0.330 e. The zero-order valence-corrected chi connectivity index (χ0v) is 10.3. The van der Waals surface area contributed by atoms with Gasteiger partial charge in [-0.15, -0.1) is 0 Å². The number of nitrogens with zero attached hydrogens (tertiary/aromatic N) is 1. The van der Waals surface area contributed by atoms with Crippen LogP contribution in [0.4, 0.5) is 0 Å². The number of rotatable bonds is 3. The first kappa shape index (κ1) is 13.0. The van der Waals surface area contributed by atoms with E-state index in [1.54, 1.807) is 14.0 Å². The van der Waals surface area contributed by atoms with Crippen molar-refractivity contribution in [2.75, 3.05) is 13.7 Å². The molecule has 1 saturated heterocycles. The second-order valence-electron chi connectivity index (χ2n) is 4.42. The number of aromatic nitrogens is 2. The summed E-state index contributed by atoms with van der Waals surface area (Å²) >= 11 is 0. The molecule has 1 aliphatic rings. The molecule has 1 aromatic heterocycles. The molecule has 1 fully saturated rings. The van der Waals surface area contributed by atoms with Crippen molar-refractivity contribution in [3.63, 3.8) is 0 Å². The Morgan fingerprint density at radius 2 is 2.33 bits per heavy atom. The highest BCUT2D eigenvalue weighted by Gasteiger charge is 2.35. The lowest BCUT2D eigenvalue weighted by atomic mass is 10.1. The highest BCUT2D eigenvalue weighted by Crippen LogP contribution is 2.27. The van der Waals surface area contributed by atoms with Gasteiger partial charge < -0.3 is 15.2 Å². The Kier molecular flexibility index (Phi) is 3.65. The van der Waals surface area contributed by atoms with Crippen LogP contribution in [0, 0.1) is 6.92 Å². The van der Waals surface area contributed by atoms with Gasteiger partial charge >= 0.3 is 5.69 Å². The maximum atomic E-state index is 11.7. The Morgan fingerprint density at radius 1 is 1.61 bits per heavy atom. The Labute approximate surface area is 103 Å². The van der Waals surface area contributed by atoms with E-state index in [2.05, 4.69) is 10.3 Å². The van der Waals surface area contributed by atoms with Crippen LogP contribution in [0.15, 0.2) is 15.8 Å². The first-order valence-corrected chi connectivity index (χ1v) is 5.82. The minimum absolute atomic E-state index is 0.0147. The molecule has 0 aromatic carbocycles.